The molecule has 0 spiro atoms. The van der Waals surface area contributed by atoms with Crippen molar-refractivity contribution in [3.63, 3.8) is 0 Å². The molecule has 0 fully saturated rings. The van der Waals surface area contributed by atoms with Crippen molar-refractivity contribution in [3.05, 3.63) is 105 Å². The summed E-state index contributed by atoms with van der Waals surface area (Å²) >= 11 is 5.77. The van der Waals surface area contributed by atoms with Gasteiger partial charge in [0.25, 0.3) is 5.91 Å². The van der Waals surface area contributed by atoms with Crippen LogP contribution in [0.2, 0.25) is 5.02 Å². The minimum Gasteiger partial charge on any atom is -0.416 e. The minimum atomic E-state index is -0.713. The topological polar surface area (TPSA) is 111 Å². The molecular weight excluding hydrogens is 410 g/mol. The van der Waals surface area contributed by atoms with Crippen molar-refractivity contribution in [2.45, 2.75) is 0 Å². The minimum absolute atomic E-state index is 0.198. The third kappa shape index (κ3) is 5.27. The van der Waals surface area contributed by atoms with Crippen LogP contribution in [0.25, 0.3) is 0 Å². The lowest BCUT2D eigenvalue weighted by Crippen LogP contribution is -2.17. The summed E-state index contributed by atoms with van der Waals surface area (Å²) in [5.74, 6) is -1.38. The number of rotatable bonds is 6. The van der Waals surface area contributed by atoms with Crippen LogP contribution < -0.4 is 10.2 Å². The molecule has 0 saturated heterocycles. The van der Waals surface area contributed by atoms with Crippen molar-refractivity contribution in [1.29, 1.82) is 0 Å². The van der Waals surface area contributed by atoms with Crippen LogP contribution >= 0.6 is 11.6 Å². The summed E-state index contributed by atoms with van der Waals surface area (Å²) in [6, 6.07) is 18.3. The van der Waals surface area contributed by atoms with Crippen molar-refractivity contribution < 1.29 is 19.2 Å². The van der Waals surface area contributed by atoms with E-state index in [4.69, 9.17) is 16.3 Å². The van der Waals surface area contributed by atoms with E-state index in [1.807, 2.05) is 0 Å². The lowest BCUT2D eigenvalue weighted by molar-refractivity contribution is -0.385. The van der Waals surface area contributed by atoms with Gasteiger partial charge in [-0.15, -0.1) is 0 Å². The summed E-state index contributed by atoms with van der Waals surface area (Å²) in [5.41, 5.74) is 2.86. The van der Waals surface area contributed by atoms with Gasteiger partial charge in [-0.1, -0.05) is 29.8 Å². The summed E-state index contributed by atoms with van der Waals surface area (Å²) in [6.07, 6.45) is 1.24. The van der Waals surface area contributed by atoms with E-state index in [9.17, 15) is 19.7 Å². The molecule has 0 bridgehead atoms. The molecule has 0 atom stereocenters. The van der Waals surface area contributed by atoms with Crippen LogP contribution in [-0.2, 0) is 0 Å². The van der Waals surface area contributed by atoms with Crippen LogP contribution in [0.3, 0.4) is 0 Å². The van der Waals surface area contributed by atoms with E-state index in [1.54, 1.807) is 42.5 Å². The number of benzene rings is 3. The Morgan fingerprint density at radius 2 is 1.70 bits per heavy atom. The number of halogens is 1. The highest BCUT2D eigenvalue weighted by molar-refractivity contribution is 6.30. The van der Waals surface area contributed by atoms with Gasteiger partial charge in [-0.05, 0) is 48.5 Å². The van der Waals surface area contributed by atoms with Crippen molar-refractivity contribution in [2.24, 2.45) is 5.10 Å². The molecule has 0 aliphatic carbocycles. The van der Waals surface area contributed by atoms with Crippen LogP contribution in [0.4, 0.5) is 5.69 Å². The Labute approximate surface area is 175 Å². The highest BCUT2D eigenvalue weighted by Gasteiger charge is 2.19. The number of nitrogens with one attached hydrogen (secondary N) is 1. The second kappa shape index (κ2) is 9.44. The number of carbonyl (C=O) groups excluding carboxylic acids is 2. The zero-order valence-corrected chi connectivity index (χ0v) is 16.1. The highest BCUT2D eigenvalue weighted by atomic mass is 35.5. The number of nitrogens with zero attached hydrogens (tertiary/aromatic N) is 2. The number of hydrogen-bond donors (Lipinski definition) is 1. The van der Waals surface area contributed by atoms with Gasteiger partial charge in [0.2, 0.25) is 5.75 Å². The monoisotopic (exact) mass is 423 g/mol. The highest BCUT2D eigenvalue weighted by Crippen LogP contribution is 2.28. The maximum Gasteiger partial charge on any atom is 0.343 e. The normalized spacial score (nSPS) is 10.6. The lowest BCUT2D eigenvalue weighted by Gasteiger charge is -2.06. The number of hydrazone groups is 1. The fraction of sp³-hybridized carbons (Fsp3) is 0. The van der Waals surface area contributed by atoms with Gasteiger partial charge >= 0.3 is 11.7 Å². The Hall–Kier alpha value is -4.04. The predicted molar refractivity (Wildman–Crippen MR) is 111 cm³/mol. The van der Waals surface area contributed by atoms with Gasteiger partial charge in [-0.3, -0.25) is 14.9 Å². The van der Waals surface area contributed by atoms with Gasteiger partial charge in [-0.25, -0.2) is 10.2 Å². The fourth-order valence-electron chi connectivity index (χ4n) is 2.41. The van der Waals surface area contributed by atoms with E-state index in [0.717, 1.165) is 0 Å². The molecule has 3 aromatic rings. The molecule has 0 aliphatic heterocycles. The number of ether oxygens (including phenoxy) is 1. The molecule has 0 aliphatic rings. The number of esters is 1. The summed E-state index contributed by atoms with van der Waals surface area (Å²) in [4.78, 5) is 34.9. The van der Waals surface area contributed by atoms with Gasteiger partial charge < -0.3 is 4.74 Å². The first kappa shape index (κ1) is 20.7. The molecule has 1 N–H and O–H groups in total. The largest absolute Gasteiger partial charge is 0.416 e. The van der Waals surface area contributed by atoms with Gasteiger partial charge in [0, 0.05) is 22.2 Å². The van der Waals surface area contributed by atoms with E-state index < -0.39 is 22.5 Å². The second-order valence-corrected chi connectivity index (χ2v) is 6.38. The van der Waals surface area contributed by atoms with E-state index >= 15 is 0 Å². The van der Waals surface area contributed by atoms with Gasteiger partial charge in [0.1, 0.15) is 0 Å². The molecule has 0 saturated carbocycles. The molecule has 9 heteroatoms. The number of nitro benzene ring substituents is 1. The summed E-state index contributed by atoms with van der Waals surface area (Å²) in [7, 11) is 0. The lowest BCUT2D eigenvalue weighted by atomic mass is 10.2. The third-order valence-electron chi connectivity index (χ3n) is 3.88. The quantitative estimate of drug-likeness (QED) is 0.210. The first-order valence-electron chi connectivity index (χ1n) is 8.58. The number of carbonyl (C=O) groups is 2. The molecule has 8 nitrogen and oxygen atoms in total. The first-order chi connectivity index (χ1) is 14.4. The predicted octanol–water partition coefficient (Wildman–Crippen LogP) is 4.23. The first-order valence-corrected chi connectivity index (χ1v) is 8.96. The van der Waals surface area contributed by atoms with Crippen LogP contribution in [0.1, 0.15) is 26.3 Å². The molecule has 0 unspecified atom stereocenters. The average molecular weight is 424 g/mol. The summed E-state index contributed by atoms with van der Waals surface area (Å²) in [6.45, 7) is 0. The van der Waals surface area contributed by atoms with Crippen molar-refractivity contribution in [3.8, 4) is 5.75 Å². The molecule has 3 rings (SSSR count). The summed E-state index contributed by atoms with van der Waals surface area (Å²) in [5, 5.41) is 15.7. The average Bonchev–Trinajstić information content (AvgIpc) is 2.75. The fourth-order valence-corrected chi connectivity index (χ4v) is 2.53. The molecule has 0 aromatic heterocycles. The SMILES string of the molecule is O=C(NN=Cc1ccc(OC(=O)c2ccccc2)c([N+](=O)[O-])c1)c1ccc(Cl)cc1. The standard InChI is InChI=1S/C21H14ClN3O5/c22-17-9-7-15(8-10-17)20(26)24-23-13-14-6-11-19(18(12-14)25(28)29)30-21(27)16-4-2-1-3-5-16/h1-13H,(H,24,26). The van der Waals surface area contributed by atoms with Crippen molar-refractivity contribution in [1.82, 2.24) is 5.43 Å². The molecule has 0 radical (unpaired) electrons. The Bertz CT molecular complexity index is 1120. The second-order valence-electron chi connectivity index (χ2n) is 5.95. The van der Waals surface area contributed by atoms with Gasteiger partial charge in [0.05, 0.1) is 16.7 Å². The van der Waals surface area contributed by atoms with E-state index in [1.165, 1.54) is 36.5 Å². The zero-order valence-electron chi connectivity index (χ0n) is 15.3. The Morgan fingerprint density at radius 1 is 1.00 bits per heavy atom. The maximum atomic E-state index is 12.1. The zero-order chi connectivity index (χ0) is 21.5. The smallest absolute Gasteiger partial charge is 0.343 e. The van der Waals surface area contributed by atoms with E-state index in [0.29, 0.717) is 16.1 Å². The summed E-state index contributed by atoms with van der Waals surface area (Å²) < 4.78 is 5.15. The molecule has 30 heavy (non-hydrogen) atoms. The molecule has 0 heterocycles. The number of hydrogen-bond acceptors (Lipinski definition) is 6. The number of amides is 1. The molecular formula is C21H14ClN3O5. The van der Waals surface area contributed by atoms with Crippen molar-refractivity contribution in [2.75, 3.05) is 0 Å². The van der Waals surface area contributed by atoms with Crippen LogP contribution in [0.5, 0.6) is 5.75 Å². The van der Waals surface area contributed by atoms with Crippen molar-refractivity contribution >= 4 is 35.4 Å². The Morgan fingerprint density at radius 3 is 2.37 bits per heavy atom. The van der Waals surface area contributed by atoms with E-state index in [2.05, 4.69) is 10.5 Å². The molecule has 1 amide bonds. The van der Waals surface area contributed by atoms with Gasteiger partial charge in [-0.2, -0.15) is 5.10 Å². The molecule has 150 valence electrons. The number of nitro groups is 1. The van der Waals surface area contributed by atoms with Crippen LogP contribution in [0, 0.1) is 10.1 Å². The van der Waals surface area contributed by atoms with Crippen LogP contribution in [-0.4, -0.2) is 23.0 Å². The Balaban J connectivity index is 1.72. The van der Waals surface area contributed by atoms with Gasteiger partial charge in [0.15, 0.2) is 0 Å². The third-order valence-corrected chi connectivity index (χ3v) is 4.13. The molecule has 3 aromatic carbocycles. The van der Waals surface area contributed by atoms with Crippen LogP contribution in [0.15, 0.2) is 77.9 Å². The maximum absolute atomic E-state index is 12.1. The van der Waals surface area contributed by atoms with E-state index in [-0.39, 0.29) is 11.3 Å². The Kier molecular flexibility index (Phi) is 6.51.